The molecule has 0 amide bonds. The smallest absolute Gasteiger partial charge is 0.167 e. The van der Waals surface area contributed by atoms with E-state index < -0.39 is 5.82 Å². The molecule has 0 fully saturated rings. The van der Waals surface area contributed by atoms with Crippen molar-refractivity contribution in [3.8, 4) is 5.75 Å². The van der Waals surface area contributed by atoms with Crippen LogP contribution in [0, 0.1) is 11.7 Å². The third-order valence-corrected chi connectivity index (χ3v) is 3.03. The average molecular weight is 298 g/mol. The van der Waals surface area contributed by atoms with Crippen molar-refractivity contribution in [2.75, 3.05) is 44.0 Å². The van der Waals surface area contributed by atoms with Gasteiger partial charge in [-0.15, -0.1) is 0 Å². The normalized spacial score (nSPS) is 11.0. The maximum Gasteiger partial charge on any atom is 0.167 e. The molecular formula is C16H27FN2O2. The highest BCUT2D eigenvalue weighted by atomic mass is 19.1. The van der Waals surface area contributed by atoms with Crippen LogP contribution in [0.25, 0.3) is 0 Å². The van der Waals surface area contributed by atoms with E-state index in [2.05, 4.69) is 18.7 Å². The van der Waals surface area contributed by atoms with Crippen molar-refractivity contribution in [1.29, 1.82) is 0 Å². The second kappa shape index (κ2) is 8.72. The van der Waals surface area contributed by atoms with Crippen LogP contribution >= 0.6 is 0 Å². The van der Waals surface area contributed by atoms with Crippen LogP contribution in [-0.2, 0) is 4.74 Å². The van der Waals surface area contributed by atoms with Crippen molar-refractivity contribution in [3.63, 3.8) is 0 Å². The van der Waals surface area contributed by atoms with Crippen molar-refractivity contribution >= 4 is 11.4 Å². The quantitative estimate of drug-likeness (QED) is 0.711. The van der Waals surface area contributed by atoms with Gasteiger partial charge in [-0.2, -0.15) is 0 Å². The molecule has 0 unspecified atom stereocenters. The molecule has 5 heteroatoms. The Morgan fingerprint density at radius 2 is 2.00 bits per heavy atom. The summed E-state index contributed by atoms with van der Waals surface area (Å²) in [6.45, 7) is 8.86. The molecule has 0 heterocycles. The van der Waals surface area contributed by atoms with Gasteiger partial charge in [0, 0.05) is 32.3 Å². The first kappa shape index (κ1) is 17.6. The number of anilines is 2. The van der Waals surface area contributed by atoms with Gasteiger partial charge >= 0.3 is 0 Å². The summed E-state index contributed by atoms with van der Waals surface area (Å²) in [7, 11) is 1.66. The summed E-state index contributed by atoms with van der Waals surface area (Å²) in [4.78, 5) is 2.11. The van der Waals surface area contributed by atoms with Gasteiger partial charge in [0.1, 0.15) is 0 Å². The largest absolute Gasteiger partial charge is 0.490 e. The Kier molecular flexibility index (Phi) is 7.29. The Hall–Kier alpha value is -1.49. The van der Waals surface area contributed by atoms with Crippen LogP contribution in [0.15, 0.2) is 12.1 Å². The summed E-state index contributed by atoms with van der Waals surface area (Å²) in [5.41, 5.74) is 7.21. The number of nitrogen functional groups attached to an aromatic ring is 1. The molecule has 0 saturated heterocycles. The molecule has 21 heavy (non-hydrogen) atoms. The highest BCUT2D eigenvalue weighted by Gasteiger charge is 2.16. The zero-order valence-corrected chi connectivity index (χ0v) is 13.5. The molecule has 0 radical (unpaired) electrons. The summed E-state index contributed by atoms with van der Waals surface area (Å²) in [5.74, 6) is 0.305. The average Bonchev–Trinajstić information content (AvgIpc) is 2.42. The number of benzene rings is 1. The van der Waals surface area contributed by atoms with E-state index >= 15 is 0 Å². The minimum absolute atomic E-state index is 0.257. The van der Waals surface area contributed by atoms with Crippen molar-refractivity contribution in [1.82, 2.24) is 0 Å². The topological polar surface area (TPSA) is 47.7 Å². The Balaban J connectivity index is 3.04. The number of rotatable bonds is 9. The SMILES string of the molecule is CCCOc1cc(N(CCOC)CC(C)C)c(N)cc1F. The van der Waals surface area contributed by atoms with E-state index in [9.17, 15) is 4.39 Å². The van der Waals surface area contributed by atoms with Gasteiger partial charge in [0.05, 0.1) is 24.6 Å². The van der Waals surface area contributed by atoms with Gasteiger partial charge in [-0.1, -0.05) is 20.8 Å². The highest BCUT2D eigenvalue weighted by Crippen LogP contribution is 2.31. The van der Waals surface area contributed by atoms with Crippen LogP contribution in [0.1, 0.15) is 27.2 Å². The standard InChI is InChI=1S/C16H27FN2O2/c1-5-7-21-16-10-15(14(18)9-13(16)17)19(6-8-20-4)11-12(2)3/h9-10,12H,5-8,11,18H2,1-4H3. The maximum absolute atomic E-state index is 13.9. The second-order valence-electron chi connectivity index (χ2n) is 5.52. The van der Waals surface area contributed by atoms with Crippen LogP contribution < -0.4 is 15.4 Å². The molecule has 1 aromatic rings. The fourth-order valence-electron chi connectivity index (χ4n) is 2.11. The molecule has 0 aliphatic carbocycles. The van der Waals surface area contributed by atoms with Gasteiger partial charge in [0.2, 0.25) is 0 Å². The van der Waals surface area contributed by atoms with E-state index in [1.807, 2.05) is 6.92 Å². The van der Waals surface area contributed by atoms with Gasteiger partial charge in [-0.3, -0.25) is 0 Å². The number of nitrogens with two attached hydrogens (primary N) is 1. The van der Waals surface area contributed by atoms with E-state index in [1.54, 1.807) is 13.2 Å². The van der Waals surface area contributed by atoms with E-state index in [0.29, 0.717) is 31.4 Å². The zero-order chi connectivity index (χ0) is 15.8. The lowest BCUT2D eigenvalue weighted by atomic mass is 10.1. The molecule has 0 atom stereocenters. The van der Waals surface area contributed by atoms with E-state index in [0.717, 1.165) is 18.7 Å². The van der Waals surface area contributed by atoms with Crippen LogP contribution in [0.4, 0.5) is 15.8 Å². The summed E-state index contributed by atoms with van der Waals surface area (Å²) in [6.07, 6.45) is 0.832. The number of hydrogen-bond acceptors (Lipinski definition) is 4. The van der Waals surface area contributed by atoms with Crippen molar-refractivity contribution in [3.05, 3.63) is 17.9 Å². The summed E-state index contributed by atoms with van der Waals surface area (Å²) >= 11 is 0. The van der Waals surface area contributed by atoms with Gasteiger partial charge in [0.15, 0.2) is 11.6 Å². The predicted octanol–water partition coefficient (Wildman–Crippen LogP) is 3.31. The molecular weight excluding hydrogens is 271 g/mol. The van der Waals surface area contributed by atoms with Crippen LogP contribution in [0.3, 0.4) is 0 Å². The van der Waals surface area contributed by atoms with Crippen LogP contribution in [0.5, 0.6) is 5.75 Å². The molecule has 0 spiro atoms. The molecule has 0 aliphatic rings. The third kappa shape index (κ3) is 5.42. The predicted molar refractivity (Wildman–Crippen MR) is 85.5 cm³/mol. The molecule has 4 nitrogen and oxygen atoms in total. The monoisotopic (exact) mass is 298 g/mol. The summed E-state index contributed by atoms with van der Waals surface area (Å²) in [6, 6.07) is 3.03. The molecule has 1 rings (SSSR count). The Bertz CT molecular complexity index is 439. The number of halogens is 1. The third-order valence-electron chi connectivity index (χ3n) is 3.03. The van der Waals surface area contributed by atoms with Crippen LogP contribution in [0.2, 0.25) is 0 Å². The Morgan fingerprint density at radius 1 is 1.29 bits per heavy atom. The summed E-state index contributed by atoms with van der Waals surface area (Å²) in [5, 5.41) is 0. The zero-order valence-electron chi connectivity index (χ0n) is 13.5. The molecule has 1 aromatic carbocycles. The number of ether oxygens (including phenoxy) is 2. The number of hydrogen-bond donors (Lipinski definition) is 1. The van der Waals surface area contributed by atoms with Crippen LogP contribution in [-0.4, -0.2) is 33.4 Å². The van der Waals surface area contributed by atoms with Gasteiger partial charge in [-0.25, -0.2) is 4.39 Å². The molecule has 2 N–H and O–H groups in total. The van der Waals surface area contributed by atoms with Gasteiger partial charge in [0.25, 0.3) is 0 Å². The second-order valence-corrected chi connectivity index (χ2v) is 5.52. The first-order chi connectivity index (χ1) is 9.99. The minimum atomic E-state index is -0.416. The van der Waals surface area contributed by atoms with E-state index in [-0.39, 0.29) is 5.75 Å². The maximum atomic E-state index is 13.9. The van der Waals surface area contributed by atoms with Crippen molar-refractivity contribution in [2.45, 2.75) is 27.2 Å². The fourth-order valence-corrected chi connectivity index (χ4v) is 2.11. The van der Waals surface area contributed by atoms with Crippen molar-refractivity contribution < 1.29 is 13.9 Å². The lowest BCUT2D eigenvalue weighted by Crippen LogP contribution is -2.31. The Morgan fingerprint density at radius 3 is 2.57 bits per heavy atom. The summed E-state index contributed by atoms with van der Waals surface area (Å²) < 4.78 is 24.5. The molecule has 0 aromatic heterocycles. The first-order valence-electron chi connectivity index (χ1n) is 7.45. The lowest BCUT2D eigenvalue weighted by Gasteiger charge is -2.28. The van der Waals surface area contributed by atoms with Crippen molar-refractivity contribution in [2.24, 2.45) is 5.92 Å². The van der Waals surface area contributed by atoms with Gasteiger partial charge < -0.3 is 20.1 Å². The van der Waals surface area contributed by atoms with E-state index in [1.165, 1.54) is 6.07 Å². The molecule has 0 saturated carbocycles. The Labute approximate surface area is 127 Å². The van der Waals surface area contributed by atoms with E-state index in [4.69, 9.17) is 15.2 Å². The highest BCUT2D eigenvalue weighted by molar-refractivity contribution is 5.70. The minimum Gasteiger partial charge on any atom is -0.490 e. The molecule has 0 aliphatic heterocycles. The molecule has 0 bridgehead atoms. The number of nitrogens with zero attached hydrogens (tertiary/aromatic N) is 1. The lowest BCUT2D eigenvalue weighted by molar-refractivity contribution is 0.204. The fraction of sp³-hybridized carbons (Fsp3) is 0.625. The first-order valence-corrected chi connectivity index (χ1v) is 7.45. The molecule has 120 valence electrons. The number of methoxy groups -OCH3 is 1. The van der Waals surface area contributed by atoms with Gasteiger partial charge in [-0.05, 0) is 12.3 Å².